The third-order valence-electron chi connectivity index (χ3n) is 3.20. The largest absolute Gasteiger partial charge is 0.480 e. The Morgan fingerprint density at radius 1 is 1.50 bits per heavy atom. The van der Waals surface area contributed by atoms with Gasteiger partial charge < -0.3 is 5.11 Å². The molecule has 0 amide bonds. The van der Waals surface area contributed by atoms with E-state index in [0.717, 1.165) is 12.8 Å². The molecule has 6 nitrogen and oxygen atoms in total. The molecule has 2 rings (SSSR count). The topological polar surface area (TPSA) is 77.1 Å². The Hall–Kier alpha value is -1.59. The number of nitrogens with zero attached hydrogens (tertiary/aromatic N) is 3. The lowest BCUT2D eigenvalue weighted by atomic mass is 10.1. The summed E-state index contributed by atoms with van der Waals surface area (Å²) in [5.74, 6) is -0.0139. The second-order valence-corrected chi connectivity index (χ2v) is 5.24. The quantitative estimate of drug-likeness (QED) is 0.873. The fraction of sp³-hybridized carbons (Fsp3) is 0.750. The number of rotatable bonds is 3. The van der Waals surface area contributed by atoms with E-state index in [1.165, 1.54) is 9.25 Å². The van der Waals surface area contributed by atoms with Gasteiger partial charge in [-0.3, -0.25) is 4.57 Å². The molecule has 0 saturated carbocycles. The van der Waals surface area contributed by atoms with Crippen LogP contribution in [0.25, 0.3) is 0 Å². The van der Waals surface area contributed by atoms with Gasteiger partial charge in [0.05, 0.1) is 0 Å². The average Bonchev–Trinajstić information content (AvgIpc) is 2.50. The molecule has 18 heavy (non-hydrogen) atoms. The molecule has 100 valence electrons. The summed E-state index contributed by atoms with van der Waals surface area (Å²) in [6, 6.07) is -0.754. The average molecular weight is 253 g/mol. The lowest BCUT2D eigenvalue weighted by Crippen LogP contribution is -2.32. The number of aryl methyl sites for hydroxylation is 1. The van der Waals surface area contributed by atoms with Crippen molar-refractivity contribution in [1.29, 1.82) is 0 Å². The van der Waals surface area contributed by atoms with Crippen molar-refractivity contribution in [3.8, 4) is 0 Å². The van der Waals surface area contributed by atoms with Crippen molar-refractivity contribution in [2.75, 3.05) is 0 Å². The van der Waals surface area contributed by atoms with Crippen LogP contribution in [-0.4, -0.2) is 25.4 Å². The molecule has 1 aliphatic rings. The summed E-state index contributed by atoms with van der Waals surface area (Å²) < 4.78 is 2.78. The van der Waals surface area contributed by atoms with Crippen molar-refractivity contribution in [3.05, 3.63) is 16.3 Å². The molecular formula is C12H19N3O3. The summed E-state index contributed by atoms with van der Waals surface area (Å²) in [5, 5.41) is 13.5. The van der Waals surface area contributed by atoms with E-state index in [9.17, 15) is 14.7 Å². The molecule has 2 heterocycles. The van der Waals surface area contributed by atoms with Crippen molar-refractivity contribution < 1.29 is 9.90 Å². The molecule has 1 aliphatic heterocycles. The van der Waals surface area contributed by atoms with Crippen molar-refractivity contribution in [2.24, 2.45) is 5.92 Å². The molecule has 0 aromatic carbocycles. The Morgan fingerprint density at radius 2 is 2.22 bits per heavy atom. The SMILES string of the molecule is CC(C)Cn1nc2n(c1=O)C(C(=O)O)CCCC2. The number of carboxylic acids is 1. The zero-order chi connectivity index (χ0) is 13.3. The van der Waals surface area contributed by atoms with Gasteiger partial charge in [-0.25, -0.2) is 14.3 Å². The van der Waals surface area contributed by atoms with Gasteiger partial charge in [0.1, 0.15) is 11.9 Å². The lowest BCUT2D eigenvalue weighted by molar-refractivity contribution is -0.141. The van der Waals surface area contributed by atoms with Crippen molar-refractivity contribution in [2.45, 2.75) is 52.1 Å². The Balaban J connectivity index is 2.46. The molecule has 0 saturated heterocycles. The van der Waals surface area contributed by atoms with Crippen LogP contribution in [0.3, 0.4) is 0 Å². The maximum absolute atomic E-state index is 12.2. The van der Waals surface area contributed by atoms with Crippen LogP contribution in [0.4, 0.5) is 0 Å². The van der Waals surface area contributed by atoms with Gasteiger partial charge >= 0.3 is 11.7 Å². The van der Waals surface area contributed by atoms with Gasteiger partial charge in [0.25, 0.3) is 0 Å². The highest BCUT2D eigenvalue weighted by atomic mass is 16.4. The summed E-state index contributed by atoms with van der Waals surface area (Å²) in [6.45, 7) is 4.54. The minimum atomic E-state index is -0.940. The van der Waals surface area contributed by atoms with Gasteiger partial charge in [-0.05, 0) is 18.8 Å². The van der Waals surface area contributed by atoms with E-state index in [1.807, 2.05) is 13.8 Å². The smallest absolute Gasteiger partial charge is 0.346 e. The van der Waals surface area contributed by atoms with E-state index in [0.29, 0.717) is 31.1 Å². The van der Waals surface area contributed by atoms with Gasteiger partial charge in [0.2, 0.25) is 0 Å². The molecule has 0 spiro atoms. The van der Waals surface area contributed by atoms with Crippen molar-refractivity contribution in [3.63, 3.8) is 0 Å². The second-order valence-electron chi connectivity index (χ2n) is 5.24. The van der Waals surface area contributed by atoms with Gasteiger partial charge in [-0.1, -0.05) is 20.3 Å². The fourth-order valence-electron chi connectivity index (χ4n) is 2.40. The normalized spacial score (nSPS) is 19.6. The summed E-state index contributed by atoms with van der Waals surface area (Å²) >= 11 is 0. The molecule has 0 radical (unpaired) electrons. The molecule has 1 atom stereocenters. The summed E-state index contributed by atoms with van der Waals surface area (Å²) in [4.78, 5) is 23.5. The number of hydrogen-bond acceptors (Lipinski definition) is 3. The zero-order valence-electron chi connectivity index (χ0n) is 10.8. The third kappa shape index (κ3) is 2.32. The molecule has 0 bridgehead atoms. The monoisotopic (exact) mass is 253 g/mol. The highest BCUT2D eigenvalue weighted by Crippen LogP contribution is 2.21. The Morgan fingerprint density at radius 3 is 2.83 bits per heavy atom. The maximum atomic E-state index is 12.2. The van der Waals surface area contributed by atoms with E-state index in [-0.39, 0.29) is 5.69 Å². The third-order valence-corrected chi connectivity index (χ3v) is 3.20. The standard InChI is InChI=1S/C12H19N3O3/c1-8(2)7-14-12(18)15-9(11(16)17)5-3-4-6-10(15)13-14/h8-9H,3-7H2,1-2H3,(H,16,17). The first-order valence-electron chi connectivity index (χ1n) is 6.41. The molecule has 1 aromatic rings. The van der Waals surface area contributed by atoms with Crippen LogP contribution in [0.1, 0.15) is 45.0 Å². The van der Waals surface area contributed by atoms with Crippen LogP contribution >= 0.6 is 0 Å². The maximum Gasteiger partial charge on any atom is 0.346 e. The number of aromatic nitrogens is 3. The van der Waals surface area contributed by atoms with Crippen molar-refractivity contribution >= 4 is 5.97 Å². The Kier molecular flexibility index (Phi) is 3.54. The molecule has 1 unspecified atom stereocenters. The van der Waals surface area contributed by atoms with E-state index in [4.69, 9.17) is 0 Å². The summed E-state index contributed by atoms with van der Waals surface area (Å²) in [5.41, 5.74) is -0.284. The molecular weight excluding hydrogens is 234 g/mol. The summed E-state index contributed by atoms with van der Waals surface area (Å²) in [7, 11) is 0. The van der Waals surface area contributed by atoms with E-state index < -0.39 is 12.0 Å². The number of carboxylic acid groups (broad SMARTS) is 1. The number of fused-ring (bicyclic) bond motifs is 1. The van der Waals surface area contributed by atoms with Crippen LogP contribution in [0.2, 0.25) is 0 Å². The Labute approximate surface area is 105 Å². The van der Waals surface area contributed by atoms with Crippen LogP contribution < -0.4 is 5.69 Å². The molecule has 1 aromatic heterocycles. The highest BCUT2D eigenvalue weighted by Gasteiger charge is 2.28. The first kappa shape index (κ1) is 12.9. The minimum Gasteiger partial charge on any atom is -0.480 e. The number of hydrogen-bond donors (Lipinski definition) is 1. The number of aliphatic carboxylic acids is 1. The zero-order valence-corrected chi connectivity index (χ0v) is 10.8. The first-order chi connectivity index (χ1) is 8.50. The number of carbonyl (C=O) groups is 1. The predicted octanol–water partition coefficient (Wildman–Crippen LogP) is 1.05. The van der Waals surface area contributed by atoms with Gasteiger partial charge in [0.15, 0.2) is 0 Å². The second kappa shape index (κ2) is 4.96. The van der Waals surface area contributed by atoms with Crippen LogP contribution in [0.15, 0.2) is 4.79 Å². The summed E-state index contributed by atoms with van der Waals surface area (Å²) in [6.07, 6.45) is 2.91. The molecule has 0 fully saturated rings. The van der Waals surface area contributed by atoms with E-state index in [1.54, 1.807) is 0 Å². The van der Waals surface area contributed by atoms with E-state index >= 15 is 0 Å². The van der Waals surface area contributed by atoms with E-state index in [2.05, 4.69) is 5.10 Å². The van der Waals surface area contributed by atoms with Crippen LogP contribution in [0, 0.1) is 5.92 Å². The van der Waals surface area contributed by atoms with Crippen molar-refractivity contribution in [1.82, 2.24) is 14.3 Å². The molecule has 1 N–H and O–H groups in total. The van der Waals surface area contributed by atoms with Gasteiger partial charge in [0, 0.05) is 13.0 Å². The molecule has 6 heteroatoms. The van der Waals surface area contributed by atoms with Gasteiger partial charge in [-0.2, -0.15) is 5.10 Å². The Bertz CT molecular complexity index is 501. The van der Waals surface area contributed by atoms with Gasteiger partial charge in [-0.15, -0.1) is 0 Å². The first-order valence-corrected chi connectivity index (χ1v) is 6.41. The lowest BCUT2D eigenvalue weighted by Gasteiger charge is -2.11. The minimum absolute atomic E-state index is 0.284. The predicted molar refractivity (Wildman–Crippen MR) is 65.6 cm³/mol. The van der Waals surface area contributed by atoms with Crippen LogP contribution in [-0.2, 0) is 17.8 Å². The fourth-order valence-corrected chi connectivity index (χ4v) is 2.40. The highest BCUT2D eigenvalue weighted by molar-refractivity contribution is 5.71. The molecule has 0 aliphatic carbocycles. The van der Waals surface area contributed by atoms with Crippen LogP contribution in [0.5, 0.6) is 0 Å².